The molecule has 2 aromatic rings. The van der Waals surface area contributed by atoms with Gasteiger partial charge in [-0.15, -0.1) is 0 Å². The summed E-state index contributed by atoms with van der Waals surface area (Å²) in [5.41, 5.74) is -2.70. The molecule has 0 N–H and O–H groups in total. The van der Waals surface area contributed by atoms with Gasteiger partial charge in [-0.05, 0) is 74.4 Å². The molecular formula is C24H30BrN3O6. The van der Waals surface area contributed by atoms with E-state index in [1.54, 1.807) is 80.5 Å². The van der Waals surface area contributed by atoms with Gasteiger partial charge in [-0.25, -0.2) is 19.0 Å². The summed E-state index contributed by atoms with van der Waals surface area (Å²) in [4.78, 5) is 40.5. The normalized spacial score (nSPS) is 12.1. The average Bonchev–Trinajstić information content (AvgIpc) is 2.92. The Morgan fingerprint density at radius 2 is 1.35 bits per heavy atom. The zero-order valence-electron chi connectivity index (χ0n) is 20.9. The molecule has 9 nitrogen and oxygen atoms in total. The van der Waals surface area contributed by atoms with Crippen molar-refractivity contribution in [2.45, 2.75) is 79.1 Å². The van der Waals surface area contributed by atoms with Crippen LogP contribution in [0.2, 0.25) is 0 Å². The number of imide groups is 1. The number of nitrogens with zero attached hydrogens (tertiary/aromatic N) is 3. The minimum atomic E-state index is -1.11. The van der Waals surface area contributed by atoms with Crippen molar-refractivity contribution in [1.29, 1.82) is 5.26 Å². The van der Waals surface area contributed by atoms with E-state index in [4.69, 9.17) is 14.2 Å². The third-order valence-electron chi connectivity index (χ3n) is 3.97. The van der Waals surface area contributed by atoms with Gasteiger partial charge in [0.15, 0.2) is 5.82 Å². The summed E-state index contributed by atoms with van der Waals surface area (Å²) >= 11 is 3.40. The van der Waals surface area contributed by atoms with Crippen molar-refractivity contribution in [2.75, 3.05) is 4.90 Å². The lowest BCUT2D eigenvalue weighted by molar-refractivity contribution is 0.0426. The van der Waals surface area contributed by atoms with Gasteiger partial charge in [0, 0.05) is 9.86 Å². The van der Waals surface area contributed by atoms with Crippen LogP contribution in [-0.2, 0) is 14.2 Å². The lowest BCUT2D eigenvalue weighted by atomic mass is 10.2. The largest absolute Gasteiger partial charge is 0.443 e. The molecule has 2 amide bonds. The molecule has 184 valence electrons. The van der Waals surface area contributed by atoms with E-state index in [9.17, 15) is 19.6 Å². The molecule has 0 aliphatic rings. The van der Waals surface area contributed by atoms with Crippen LogP contribution in [0.3, 0.4) is 0 Å². The van der Waals surface area contributed by atoms with Crippen molar-refractivity contribution < 1.29 is 28.6 Å². The fourth-order valence-electron chi connectivity index (χ4n) is 2.96. The van der Waals surface area contributed by atoms with Crippen molar-refractivity contribution in [3.05, 3.63) is 28.2 Å². The Labute approximate surface area is 207 Å². The average molecular weight is 536 g/mol. The highest BCUT2D eigenvalue weighted by atomic mass is 79.9. The van der Waals surface area contributed by atoms with Crippen LogP contribution >= 0.6 is 15.9 Å². The van der Waals surface area contributed by atoms with Crippen LogP contribution in [-0.4, -0.2) is 39.6 Å². The van der Waals surface area contributed by atoms with E-state index in [1.807, 2.05) is 6.07 Å². The highest BCUT2D eigenvalue weighted by molar-refractivity contribution is 9.10. The molecule has 0 unspecified atom stereocenters. The number of rotatable bonds is 1. The minimum absolute atomic E-state index is 0.106. The Bertz CT molecular complexity index is 1140. The smallest absolute Gasteiger partial charge is 0.425 e. The van der Waals surface area contributed by atoms with E-state index in [1.165, 1.54) is 0 Å². The summed E-state index contributed by atoms with van der Waals surface area (Å²) in [6.07, 6.45) is -3.10. The Hall–Kier alpha value is -3.06. The third kappa shape index (κ3) is 6.29. The number of halogens is 1. The molecule has 1 heterocycles. The summed E-state index contributed by atoms with van der Waals surface area (Å²) in [5.74, 6) is -0.331. The first-order valence-electron chi connectivity index (χ1n) is 10.6. The van der Waals surface area contributed by atoms with Gasteiger partial charge in [0.1, 0.15) is 28.4 Å². The predicted molar refractivity (Wildman–Crippen MR) is 131 cm³/mol. The molecular weight excluding hydrogens is 506 g/mol. The number of amides is 2. The van der Waals surface area contributed by atoms with Gasteiger partial charge in [0.25, 0.3) is 0 Å². The maximum atomic E-state index is 13.3. The molecule has 0 aliphatic heterocycles. The lowest BCUT2D eigenvalue weighted by Crippen LogP contribution is -2.45. The molecule has 0 fully saturated rings. The fourth-order valence-corrected chi connectivity index (χ4v) is 3.51. The zero-order valence-corrected chi connectivity index (χ0v) is 22.5. The Morgan fingerprint density at radius 1 is 0.882 bits per heavy atom. The van der Waals surface area contributed by atoms with E-state index in [-0.39, 0.29) is 16.9 Å². The second-order valence-corrected chi connectivity index (χ2v) is 11.4. The predicted octanol–water partition coefficient (Wildman–Crippen LogP) is 6.74. The topological polar surface area (TPSA) is 111 Å². The molecule has 0 spiro atoms. The maximum absolute atomic E-state index is 13.3. The summed E-state index contributed by atoms with van der Waals surface area (Å²) in [5, 5.41) is 10.4. The van der Waals surface area contributed by atoms with Gasteiger partial charge in [-0.1, -0.05) is 22.0 Å². The first-order chi connectivity index (χ1) is 15.4. The quantitative estimate of drug-likeness (QED) is 0.371. The van der Waals surface area contributed by atoms with Gasteiger partial charge >= 0.3 is 18.3 Å². The van der Waals surface area contributed by atoms with Crippen molar-refractivity contribution >= 4 is 50.9 Å². The van der Waals surface area contributed by atoms with E-state index in [2.05, 4.69) is 15.9 Å². The van der Waals surface area contributed by atoms with Gasteiger partial charge in [-0.3, -0.25) is 0 Å². The van der Waals surface area contributed by atoms with Crippen LogP contribution in [0.1, 0.15) is 67.9 Å². The summed E-state index contributed by atoms with van der Waals surface area (Å²) in [6.45, 7) is 14.8. The molecule has 0 saturated carbocycles. The van der Waals surface area contributed by atoms with E-state index < -0.39 is 35.1 Å². The van der Waals surface area contributed by atoms with E-state index >= 15 is 0 Å². The molecule has 1 aromatic carbocycles. The van der Waals surface area contributed by atoms with E-state index in [0.29, 0.717) is 14.8 Å². The Morgan fingerprint density at radius 3 is 1.76 bits per heavy atom. The van der Waals surface area contributed by atoms with Crippen LogP contribution in [0.25, 0.3) is 10.9 Å². The summed E-state index contributed by atoms with van der Waals surface area (Å²) in [6, 6.07) is 6.93. The SMILES string of the molecule is CC(C)(C)OC(=O)N(C(=O)OC(C)(C)C)c1c(C#N)c2c(Br)cccc2n1C(=O)OC(C)(C)C. The zero-order chi connectivity index (χ0) is 26.2. The van der Waals surface area contributed by atoms with Crippen molar-refractivity contribution in [3.63, 3.8) is 0 Å². The van der Waals surface area contributed by atoms with Crippen molar-refractivity contribution in [1.82, 2.24) is 4.57 Å². The number of hydrogen-bond donors (Lipinski definition) is 0. The molecule has 0 aliphatic carbocycles. The number of benzene rings is 1. The molecule has 1 aromatic heterocycles. The first-order valence-corrected chi connectivity index (χ1v) is 11.4. The van der Waals surface area contributed by atoms with Gasteiger partial charge in [0.05, 0.1) is 5.52 Å². The number of carbonyl (C=O) groups is 3. The third-order valence-corrected chi connectivity index (χ3v) is 4.63. The second-order valence-electron chi connectivity index (χ2n) is 10.6. The number of nitriles is 1. The monoisotopic (exact) mass is 535 g/mol. The highest BCUT2D eigenvalue weighted by Crippen LogP contribution is 2.38. The summed E-state index contributed by atoms with van der Waals surface area (Å²) in [7, 11) is 0. The maximum Gasteiger partial charge on any atom is 0.425 e. The molecule has 34 heavy (non-hydrogen) atoms. The number of ether oxygens (including phenoxy) is 3. The van der Waals surface area contributed by atoms with Crippen LogP contribution in [0.5, 0.6) is 0 Å². The summed E-state index contributed by atoms with van der Waals surface area (Å²) < 4.78 is 17.9. The first kappa shape index (κ1) is 27.2. The molecule has 0 radical (unpaired) electrons. The Balaban J connectivity index is 2.96. The molecule has 10 heteroatoms. The van der Waals surface area contributed by atoms with Crippen molar-refractivity contribution in [2.24, 2.45) is 0 Å². The number of aromatic nitrogens is 1. The van der Waals surface area contributed by atoms with Gasteiger partial charge < -0.3 is 14.2 Å². The minimum Gasteiger partial charge on any atom is -0.443 e. The molecule has 0 bridgehead atoms. The standard InChI is InChI=1S/C24H30BrN3O6/c1-22(2,3)32-19(29)27-16-12-10-11-15(25)17(16)14(13-26)18(27)28(20(30)33-23(4,5)6)21(31)34-24(7,8)9/h10-12H,1-9H3. The second kappa shape index (κ2) is 9.29. The van der Waals surface area contributed by atoms with Crippen LogP contribution in [0.15, 0.2) is 22.7 Å². The number of hydrogen-bond acceptors (Lipinski definition) is 7. The fraction of sp³-hybridized carbons (Fsp3) is 0.500. The number of carbonyl (C=O) groups excluding carboxylic acids is 3. The molecule has 0 saturated heterocycles. The molecule has 2 rings (SSSR count). The number of fused-ring (bicyclic) bond motifs is 1. The lowest BCUT2D eigenvalue weighted by Gasteiger charge is -2.29. The van der Waals surface area contributed by atoms with Crippen LogP contribution in [0, 0.1) is 11.3 Å². The van der Waals surface area contributed by atoms with E-state index in [0.717, 1.165) is 4.57 Å². The van der Waals surface area contributed by atoms with Gasteiger partial charge in [0.2, 0.25) is 0 Å². The Kier molecular flexibility index (Phi) is 7.43. The van der Waals surface area contributed by atoms with Crippen LogP contribution < -0.4 is 4.90 Å². The van der Waals surface area contributed by atoms with Crippen LogP contribution in [0.4, 0.5) is 20.2 Å². The van der Waals surface area contributed by atoms with Crippen molar-refractivity contribution in [3.8, 4) is 6.07 Å². The highest BCUT2D eigenvalue weighted by Gasteiger charge is 2.40. The molecule has 0 atom stereocenters. The van der Waals surface area contributed by atoms with Gasteiger partial charge in [-0.2, -0.15) is 10.2 Å². The number of anilines is 1.